The first-order valence-corrected chi connectivity index (χ1v) is 16.4. The van der Waals surface area contributed by atoms with Gasteiger partial charge in [0.05, 0.1) is 16.2 Å². The van der Waals surface area contributed by atoms with Gasteiger partial charge >= 0.3 is 0 Å². The molecule has 0 unspecified atom stereocenters. The van der Waals surface area contributed by atoms with Crippen molar-refractivity contribution < 1.29 is 14.4 Å². The molecule has 0 spiro atoms. The Hall–Kier alpha value is -6.09. The van der Waals surface area contributed by atoms with Crippen molar-refractivity contribution in [2.24, 2.45) is 0 Å². The lowest BCUT2D eigenvalue weighted by Gasteiger charge is -2.23. The summed E-state index contributed by atoms with van der Waals surface area (Å²) < 4.78 is 0. The summed E-state index contributed by atoms with van der Waals surface area (Å²) in [5, 5.41) is 0. The smallest absolute Gasteiger partial charge is 0.174 e. The number of Topliss-reactive ketones (excluding diaryl/α,β-unsaturated/α-hetero) is 3. The molecule has 6 rings (SSSR count). The summed E-state index contributed by atoms with van der Waals surface area (Å²) >= 11 is 0. The zero-order valence-electron chi connectivity index (χ0n) is 29.8. The average molecular weight is 679 g/mol. The number of carbonyl (C=O) groups is 3. The van der Waals surface area contributed by atoms with Crippen LogP contribution in [0.15, 0.2) is 147 Å². The van der Waals surface area contributed by atoms with Crippen LogP contribution in [0, 0.1) is 0 Å². The van der Waals surface area contributed by atoms with E-state index in [4.69, 9.17) is 0 Å². The van der Waals surface area contributed by atoms with Gasteiger partial charge in [-0.15, -0.1) is 0 Å². The summed E-state index contributed by atoms with van der Waals surface area (Å²) in [6, 6.07) is 21.9. The maximum atomic E-state index is 12.4. The molecular formula is C42H42N6O3. The number of aromatic nitrogens is 6. The number of hydrogen-bond donors (Lipinski definition) is 0. The summed E-state index contributed by atoms with van der Waals surface area (Å²) in [4.78, 5) is 61.3. The van der Waals surface area contributed by atoms with Gasteiger partial charge in [0.2, 0.25) is 0 Å². The van der Waals surface area contributed by atoms with E-state index in [1.54, 1.807) is 111 Å². The molecule has 51 heavy (non-hydrogen) atoms. The van der Waals surface area contributed by atoms with Crippen molar-refractivity contribution in [3.63, 3.8) is 0 Å². The van der Waals surface area contributed by atoms with E-state index in [-0.39, 0.29) is 17.3 Å². The second kappa shape index (κ2) is 17.0. The van der Waals surface area contributed by atoms with Crippen molar-refractivity contribution in [3.8, 4) is 0 Å². The second-order valence-corrected chi connectivity index (χ2v) is 13.3. The van der Waals surface area contributed by atoms with Crippen LogP contribution in [-0.2, 0) is 16.2 Å². The Morgan fingerprint density at radius 3 is 0.745 bits per heavy atom. The lowest BCUT2D eigenvalue weighted by atomic mass is 9.79. The highest BCUT2D eigenvalue weighted by atomic mass is 16.1. The molecule has 0 radical (unpaired) electrons. The topological polar surface area (TPSA) is 129 Å². The quantitative estimate of drug-likeness (QED) is 0.140. The highest BCUT2D eigenvalue weighted by Gasteiger charge is 2.32. The molecular weight excluding hydrogens is 637 g/mol. The summed E-state index contributed by atoms with van der Waals surface area (Å²) in [7, 11) is 0. The molecule has 9 nitrogen and oxygen atoms in total. The molecule has 0 aliphatic carbocycles. The fraction of sp³-hybridized carbons (Fsp3) is 0.214. The predicted molar refractivity (Wildman–Crippen MR) is 197 cm³/mol. The van der Waals surface area contributed by atoms with Gasteiger partial charge in [-0.1, -0.05) is 18.2 Å². The Labute approximate surface area is 299 Å². The maximum Gasteiger partial charge on any atom is 0.174 e. The largest absolute Gasteiger partial charge is 0.293 e. The molecule has 0 fully saturated rings. The van der Waals surface area contributed by atoms with Crippen LogP contribution >= 0.6 is 0 Å². The van der Waals surface area contributed by atoms with Gasteiger partial charge < -0.3 is 0 Å². The molecule has 0 saturated heterocycles. The van der Waals surface area contributed by atoms with Crippen molar-refractivity contribution in [2.45, 2.75) is 57.8 Å². The molecule has 6 heterocycles. The molecule has 6 aromatic rings. The zero-order chi connectivity index (χ0) is 36.9. The van der Waals surface area contributed by atoms with E-state index in [1.807, 2.05) is 77.9 Å². The number of hydrogen-bond acceptors (Lipinski definition) is 9. The van der Waals surface area contributed by atoms with Crippen LogP contribution < -0.4 is 0 Å². The molecule has 6 aromatic heterocycles. The third-order valence-corrected chi connectivity index (χ3v) is 8.62. The Morgan fingerprint density at radius 1 is 0.353 bits per heavy atom. The fourth-order valence-corrected chi connectivity index (χ4v) is 5.16. The van der Waals surface area contributed by atoms with Crippen LogP contribution in [0.4, 0.5) is 0 Å². The van der Waals surface area contributed by atoms with Crippen LogP contribution in [0.2, 0.25) is 0 Å². The monoisotopic (exact) mass is 678 g/mol. The molecule has 0 aliphatic rings. The van der Waals surface area contributed by atoms with Gasteiger partial charge in [0.25, 0.3) is 0 Å². The van der Waals surface area contributed by atoms with Gasteiger partial charge in [0.1, 0.15) is 0 Å². The molecule has 0 amide bonds. The van der Waals surface area contributed by atoms with Crippen molar-refractivity contribution in [3.05, 3.63) is 181 Å². The predicted octanol–water partition coefficient (Wildman–Crippen LogP) is 7.91. The minimum Gasteiger partial charge on any atom is -0.293 e. The third-order valence-electron chi connectivity index (χ3n) is 8.62. The highest BCUT2D eigenvalue weighted by Crippen LogP contribution is 2.28. The summed E-state index contributed by atoms with van der Waals surface area (Å²) in [6.07, 6.45) is 20.1. The first-order valence-electron chi connectivity index (χ1n) is 16.4. The number of nitrogens with zero attached hydrogens (tertiary/aromatic N) is 6. The minimum atomic E-state index is -0.586. The number of ketones is 3. The zero-order valence-corrected chi connectivity index (χ0v) is 29.8. The molecule has 0 saturated carbocycles. The third kappa shape index (κ3) is 9.54. The number of pyridine rings is 6. The van der Waals surface area contributed by atoms with Gasteiger partial charge in [-0.05, 0) is 113 Å². The average Bonchev–Trinajstić information content (AvgIpc) is 3.19. The lowest BCUT2D eigenvalue weighted by molar-refractivity contribution is 0.0901. The van der Waals surface area contributed by atoms with E-state index < -0.39 is 16.2 Å². The van der Waals surface area contributed by atoms with Crippen molar-refractivity contribution in [1.29, 1.82) is 0 Å². The molecule has 0 atom stereocenters. The standard InChI is InChI=1S/3C14H14N2O/c3*1-14(2,12-6-4-8-16-10-12)13(17)11-5-3-7-15-9-11/h3*3-10H,1-2H3. The number of carbonyl (C=O) groups excluding carboxylic acids is 3. The fourth-order valence-electron chi connectivity index (χ4n) is 5.16. The minimum absolute atomic E-state index is 0.0543. The lowest BCUT2D eigenvalue weighted by Crippen LogP contribution is -2.29. The van der Waals surface area contributed by atoms with Gasteiger partial charge in [-0.2, -0.15) is 0 Å². The van der Waals surface area contributed by atoms with Crippen LogP contribution in [0.3, 0.4) is 0 Å². The number of rotatable bonds is 9. The first-order chi connectivity index (χ1) is 24.4. The van der Waals surface area contributed by atoms with Crippen LogP contribution in [0.5, 0.6) is 0 Å². The first kappa shape index (κ1) is 37.7. The Morgan fingerprint density at radius 2 is 0.569 bits per heavy atom. The molecule has 0 N–H and O–H groups in total. The van der Waals surface area contributed by atoms with Gasteiger partial charge in [0, 0.05) is 91.1 Å². The maximum absolute atomic E-state index is 12.4. The van der Waals surface area contributed by atoms with Crippen molar-refractivity contribution >= 4 is 17.3 Å². The summed E-state index contributed by atoms with van der Waals surface area (Å²) in [6.45, 7) is 11.4. The van der Waals surface area contributed by atoms with E-state index in [0.717, 1.165) is 16.7 Å². The van der Waals surface area contributed by atoms with Crippen LogP contribution in [-0.4, -0.2) is 47.3 Å². The van der Waals surface area contributed by atoms with E-state index in [9.17, 15) is 14.4 Å². The van der Waals surface area contributed by atoms with E-state index >= 15 is 0 Å². The molecule has 258 valence electrons. The highest BCUT2D eigenvalue weighted by molar-refractivity contribution is 6.04. The SMILES string of the molecule is CC(C)(C(=O)c1cccnc1)c1cccnc1.CC(C)(C(=O)c1cccnc1)c1cccnc1.CC(C)(C(=O)c1cccnc1)c1cccnc1. The molecule has 9 heteroatoms. The molecule has 0 aliphatic heterocycles. The Balaban J connectivity index is 0.000000172. The molecule has 0 aromatic carbocycles. The van der Waals surface area contributed by atoms with Gasteiger partial charge in [-0.25, -0.2) is 0 Å². The molecule has 0 bridgehead atoms. The van der Waals surface area contributed by atoms with Crippen LogP contribution in [0.25, 0.3) is 0 Å². The Kier molecular flexibility index (Phi) is 12.6. The van der Waals surface area contributed by atoms with Gasteiger partial charge in [-0.3, -0.25) is 44.3 Å². The normalized spacial score (nSPS) is 11.2. The van der Waals surface area contributed by atoms with Crippen LogP contribution in [0.1, 0.15) is 89.3 Å². The van der Waals surface area contributed by atoms with Gasteiger partial charge in [0.15, 0.2) is 17.3 Å². The summed E-state index contributed by atoms with van der Waals surface area (Å²) in [5.74, 6) is 0.163. The Bertz CT molecular complexity index is 1750. The van der Waals surface area contributed by atoms with E-state index in [2.05, 4.69) is 29.9 Å². The van der Waals surface area contributed by atoms with Crippen molar-refractivity contribution in [1.82, 2.24) is 29.9 Å². The second-order valence-electron chi connectivity index (χ2n) is 13.3. The van der Waals surface area contributed by atoms with Crippen molar-refractivity contribution in [2.75, 3.05) is 0 Å². The summed E-state index contributed by atoms with van der Waals surface area (Å²) in [5.41, 5.74) is 2.85. The van der Waals surface area contributed by atoms with E-state index in [1.165, 1.54) is 0 Å². The van der Waals surface area contributed by atoms with E-state index in [0.29, 0.717) is 16.7 Å².